The number of nitrogens with zero attached hydrogens (tertiary/aromatic N) is 3. The molecule has 0 aliphatic rings. The van der Waals surface area contributed by atoms with Gasteiger partial charge in [-0.1, -0.05) is 22.8 Å². The maximum absolute atomic E-state index is 8.11. The van der Waals surface area contributed by atoms with Crippen LogP contribution in [-0.4, -0.2) is 13.2 Å². The Morgan fingerprint density at radius 1 is 1.27 bits per heavy atom. The van der Waals surface area contributed by atoms with Gasteiger partial charge in [0.2, 0.25) is 0 Å². The summed E-state index contributed by atoms with van der Waals surface area (Å²) < 4.78 is 5.56. The van der Waals surface area contributed by atoms with Crippen molar-refractivity contribution in [3.8, 4) is 5.75 Å². The van der Waals surface area contributed by atoms with Crippen LogP contribution < -0.4 is 4.74 Å². The van der Waals surface area contributed by atoms with Crippen molar-refractivity contribution in [2.45, 2.75) is 20.8 Å². The molecule has 0 unspecified atom stereocenters. The van der Waals surface area contributed by atoms with Crippen LogP contribution in [0, 0.1) is 20.8 Å². The third-order valence-electron chi connectivity index (χ3n) is 2.11. The normalized spacial score (nSPS) is 9.53. The molecule has 0 atom stereocenters. The lowest BCUT2D eigenvalue weighted by Crippen LogP contribution is -2.03. The van der Waals surface area contributed by atoms with Crippen LogP contribution in [-0.2, 0) is 0 Å². The summed E-state index contributed by atoms with van der Waals surface area (Å²) in [6.45, 7) is 6.88. The van der Waals surface area contributed by atoms with E-state index in [1.165, 1.54) is 5.56 Å². The summed E-state index contributed by atoms with van der Waals surface area (Å²) in [6, 6.07) is 4.16. The van der Waals surface area contributed by atoms with Crippen molar-refractivity contribution in [2.24, 2.45) is 5.11 Å². The van der Waals surface area contributed by atoms with Crippen molar-refractivity contribution in [1.82, 2.24) is 0 Å². The molecule has 0 radical (unpaired) electrons. The van der Waals surface area contributed by atoms with Gasteiger partial charge in [0.15, 0.2) is 0 Å². The van der Waals surface area contributed by atoms with Gasteiger partial charge in [0.1, 0.15) is 5.75 Å². The van der Waals surface area contributed by atoms with Crippen molar-refractivity contribution in [3.05, 3.63) is 39.3 Å². The third kappa shape index (κ3) is 3.18. The topological polar surface area (TPSA) is 58.0 Å². The van der Waals surface area contributed by atoms with E-state index in [9.17, 15) is 0 Å². The van der Waals surface area contributed by atoms with E-state index in [1.807, 2.05) is 13.8 Å². The third-order valence-corrected chi connectivity index (χ3v) is 2.11. The molecule has 0 fully saturated rings. The fourth-order valence-electron chi connectivity index (χ4n) is 1.63. The fourth-order valence-corrected chi connectivity index (χ4v) is 1.63. The Labute approximate surface area is 89.5 Å². The molecule has 1 rings (SSSR count). The Kier molecular flexibility index (Phi) is 4.01. The monoisotopic (exact) mass is 205 g/mol. The Morgan fingerprint density at radius 2 is 1.87 bits per heavy atom. The van der Waals surface area contributed by atoms with Gasteiger partial charge in [-0.15, -0.1) is 0 Å². The van der Waals surface area contributed by atoms with Gasteiger partial charge in [-0.3, -0.25) is 0 Å². The van der Waals surface area contributed by atoms with Gasteiger partial charge >= 0.3 is 0 Å². The van der Waals surface area contributed by atoms with E-state index >= 15 is 0 Å². The van der Waals surface area contributed by atoms with Crippen LogP contribution in [0.25, 0.3) is 10.4 Å². The molecule has 0 bridgehead atoms. The first-order valence-corrected chi connectivity index (χ1v) is 4.86. The minimum Gasteiger partial charge on any atom is -0.493 e. The first kappa shape index (κ1) is 11.4. The number of azide groups is 1. The number of hydrogen-bond donors (Lipinski definition) is 0. The zero-order valence-electron chi connectivity index (χ0n) is 9.32. The molecule has 0 N–H and O–H groups in total. The number of benzene rings is 1. The maximum Gasteiger partial charge on any atom is 0.125 e. The van der Waals surface area contributed by atoms with Crippen molar-refractivity contribution in [1.29, 1.82) is 0 Å². The molecule has 0 aliphatic heterocycles. The summed E-state index contributed by atoms with van der Waals surface area (Å²) in [7, 11) is 0. The van der Waals surface area contributed by atoms with Crippen LogP contribution in [0.2, 0.25) is 0 Å². The SMILES string of the molecule is Cc1cc(C)c(OCCN=[N+]=[N-])c(C)c1. The molecule has 1 aromatic rings. The Morgan fingerprint density at radius 3 is 2.40 bits per heavy atom. The van der Waals surface area contributed by atoms with E-state index < -0.39 is 0 Å². The lowest BCUT2D eigenvalue weighted by molar-refractivity contribution is 0.323. The fraction of sp³-hybridized carbons (Fsp3) is 0.455. The zero-order valence-corrected chi connectivity index (χ0v) is 9.32. The molecule has 0 heterocycles. The van der Waals surface area contributed by atoms with E-state index in [0.717, 1.165) is 16.9 Å². The average Bonchev–Trinajstić information content (AvgIpc) is 2.15. The van der Waals surface area contributed by atoms with E-state index in [0.29, 0.717) is 13.2 Å². The molecule has 4 heteroatoms. The van der Waals surface area contributed by atoms with Gasteiger partial charge in [0.05, 0.1) is 13.2 Å². The van der Waals surface area contributed by atoms with E-state index in [2.05, 4.69) is 29.1 Å². The lowest BCUT2D eigenvalue weighted by Gasteiger charge is -2.11. The molecular formula is C11H15N3O. The summed E-state index contributed by atoms with van der Waals surface area (Å²) in [4.78, 5) is 2.67. The second-order valence-electron chi connectivity index (χ2n) is 3.53. The van der Waals surface area contributed by atoms with Crippen LogP contribution in [0.4, 0.5) is 0 Å². The summed E-state index contributed by atoms with van der Waals surface area (Å²) in [5.74, 6) is 0.897. The summed E-state index contributed by atoms with van der Waals surface area (Å²) >= 11 is 0. The minimum atomic E-state index is 0.364. The van der Waals surface area contributed by atoms with Gasteiger partial charge < -0.3 is 4.74 Å². The Hall–Kier alpha value is -1.67. The smallest absolute Gasteiger partial charge is 0.125 e. The first-order chi connectivity index (χ1) is 7.15. The average molecular weight is 205 g/mol. The summed E-state index contributed by atoms with van der Waals surface area (Å²) in [5, 5.41) is 3.42. The van der Waals surface area contributed by atoms with Crippen molar-refractivity contribution < 1.29 is 4.74 Å². The highest BCUT2D eigenvalue weighted by molar-refractivity contribution is 5.42. The van der Waals surface area contributed by atoms with Crippen LogP contribution in [0.3, 0.4) is 0 Å². The van der Waals surface area contributed by atoms with Crippen LogP contribution in [0.1, 0.15) is 16.7 Å². The zero-order chi connectivity index (χ0) is 11.3. The summed E-state index contributed by atoms with van der Waals surface area (Å²) in [6.07, 6.45) is 0. The van der Waals surface area contributed by atoms with Crippen LogP contribution in [0.5, 0.6) is 5.75 Å². The molecule has 0 saturated carbocycles. The predicted molar refractivity (Wildman–Crippen MR) is 60.2 cm³/mol. The molecule has 1 aromatic carbocycles. The lowest BCUT2D eigenvalue weighted by atomic mass is 10.1. The van der Waals surface area contributed by atoms with Gasteiger partial charge in [0.25, 0.3) is 0 Å². The van der Waals surface area contributed by atoms with E-state index in [-0.39, 0.29) is 0 Å². The highest BCUT2D eigenvalue weighted by Gasteiger charge is 2.03. The molecule has 80 valence electrons. The Balaban J connectivity index is 2.72. The molecule has 0 saturated heterocycles. The quantitative estimate of drug-likeness (QED) is 0.322. The highest BCUT2D eigenvalue weighted by atomic mass is 16.5. The maximum atomic E-state index is 8.11. The first-order valence-electron chi connectivity index (χ1n) is 4.86. The van der Waals surface area contributed by atoms with Crippen molar-refractivity contribution >= 4 is 0 Å². The van der Waals surface area contributed by atoms with Crippen molar-refractivity contribution in [3.63, 3.8) is 0 Å². The molecule has 0 amide bonds. The predicted octanol–water partition coefficient (Wildman–Crippen LogP) is 3.30. The number of rotatable bonds is 4. The second-order valence-corrected chi connectivity index (χ2v) is 3.53. The Bertz CT molecular complexity index is 372. The molecular weight excluding hydrogens is 190 g/mol. The molecule has 0 aliphatic carbocycles. The van der Waals surface area contributed by atoms with Crippen LogP contribution >= 0.6 is 0 Å². The number of aryl methyl sites for hydroxylation is 3. The molecule has 0 aromatic heterocycles. The molecule has 4 nitrogen and oxygen atoms in total. The van der Waals surface area contributed by atoms with Gasteiger partial charge in [0, 0.05) is 4.91 Å². The number of ether oxygens (including phenoxy) is 1. The molecule has 15 heavy (non-hydrogen) atoms. The number of hydrogen-bond acceptors (Lipinski definition) is 2. The minimum absolute atomic E-state index is 0.364. The summed E-state index contributed by atoms with van der Waals surface area (Å²) in [5.41, 5.74) is 11.6. The largest absolute Gasteiger partial charge is 0.493 e. The van der Waals surface area contributed by atoms with Gasteiger partial charge in [-0.25, -0.2) is 0 Å². The van der Waals surface area contributed by atoms with Gasteiger partial charge in [-0.05, 0) is 37.4 Å². The van der Waals surface area contributed by atoms with E-state index in [1.54, 1.807) is 0 Å². The molecule has 0 spiro atoms. The van der Waals surface area contributed by atoms with Crippen LogP contribution in [0.15, 0.2) is 17.2 Å². The highest BCUT2D eigenvalue weighted by Crippen LogP contribution is 2.24. The second kappa shape index (κ2) is 5.27. The van der Waals surface area contributed by atoms with Crippen molar-refractivity contribution in [2.75, 3.05) is 13.2 Å². The standard InChI is InChI=1S/C11H15N3O/c1-8-6-9(2)11(10(3)7-8)15-5-4-13-14-12/h6-7H,4-5H2,1-3H3. The van der Waals surface area contributed by atoms with E-state index in [4.69, 9.17) is 10.3 Å². The van der Waals surface area contributed by atoms with Gasteiger partial charge in [-0.2, -0.15) is 0 Å².